The lowest BCUT2D eigenvalue weighted by Gasteiger charge is -2.18. The van der Waals surface area contributed by atoms with Crippen molar-refractivity contribution >= 4 is 27.5 Å². The van der Waals surface area contributed by atoms with Gasteiger partial charge in [0.2, 0.25) is 0 Å². The lowest BCUT2D eigenvalue weighted by atomic mass is 10.0. The van der Waals surface area contributed by atoms with E-state index in [0.29, 0.717) is 22.1 Å². The third-order valence-electron chi connectivity index (χ3n) is 3.26. The number of hydrogen-bond acceptors (Lipinski definition) is 2. The highest BCUT2D eigenvalue weighted by Gasteiger charge is 2.20. The van der Waals surface area contributed by atoms with Crippen LogP contribution in [0.1, 0.15) is 21.5 Å². The zero-order valence-electron chi connectivity index (χ0n) is 11.9. The van der Waals surface area contributed by atoms with Gasteiger partial charge in [-0.05, 0) is 30.2 Å². The number of rotatable bonds is 4. The van der Waals surface area contributed by atoms with Crippen LogP contribution < -0.4 is 9.47 Å². The molecule has 5 heteroatoms. The number of alkyl halides is 1. The van der Waals surface area contributed by atoms with Crippen LogP contribution in [0.25, 0.3) is 0 Å². The second kappa shape index (κ2) is 6.67. The Kier molecular flexibility index (Phi) is 5.12. The van der Waals surface area contributed by atoms with Gasteiger partial charge in [-0.3, -0.25) is 0 Å². The molecule has 0 aliphatic rings. The van der Waals surface area contributed by atoms with E-state index in [2.05, 4.69) is 15.9 Å². The van der Waals surface area contributed by atoms with Gasteiger partial charge in [0, 0.05) is 5.56 Å². The molecule has 0 amide bonds. The molecular weight excluding hydrogens is 359 g/mol. The van der Waals surface area contributed by atoms with Gasteiger partial charge in [-0.25, -0.2) is 4.39 Å². The van der Waals surface area contributed by atoms with E-state index in [0.717, 1.165) is 11.1 Å². The minimum Gasteiger partial charge on any atom is -0.495 e. The maximum Gasteiger partial charge on any atom is 0.145 e. The summed E-state index contributed by atoms with van der Waals surface area (Å²) in [6.07, 6.45) is 0. The van der Waals surface area contributed by atoms with Crippen molar-refractivity contribution in [3.05, 3.63) is 57.9 Å². The van der Waals surface area contributed by atoms with Crippen LogP contribution in [-0.2, 0) is 0 Å². The minimum atomic E-state index is -0.224. The summed E-state index contributed by atoms with van der Waals surface area (Å²) in [6.45, 7) is 1.73. The fourth-order valence-corrected chi connectivity index (χ4v) is 3.09. The molecule has 1 atom stereocenters. The normalized spacial score (nSPS) is 12.1. The van der Waals surface area contributed by atoms with Gasteiger partial charge >= 0.3 is 0 Å². The van der Waals surface area contributed by atoms with Crippen LogP contribution in [0.2, 0.25) is 5.02 Å². The predicted molar refractivity (Wildman–Crippen MR) is 86.5 cm³/mol. The molecule has 0 saturated heterocycles. The molecule has 0 aliphatic carbocycles. The first-order chi connectivity index (χ1) is 9.99. The molecule has 112 valence electrons. The Morgan fingerprint density at radius 1 is 1.14 bits per heavy atom. The summed E-state index contributed by atoms with van der Waals surface area (Å²) in [5, 5.41) is 0.417. The second-order valence-electron chi connectivity index (χ2n) is 4.58. The van der Waals surface area contributed by atoms with E-state index in [-0.39, 0.29) is 10.6 Å². The average molecular weight is 374 g/mol. The fraction of sp³-hybridized carbons (Fsp3) is 0.250. The molecule has 0 fully saturated rings. The smallest absolute Gasteiger partial charge is 0.145 e. The molecule has 0 radical (unpaired) electrons. The predicted octanol–water partition coefficient (Wildman–Crippen LogP) is 5.29. The van der Waals surface area contributed by atoms with Gasteiger partial charge in [0.25, 0.3) is 0 Å². The molecule has 2 rings (SSSR count). The summed E-state index contributed by atoms with van der Waals surface area (Å²) >= 11 is 9.89. The molecule has 2 aromatic carbocycles. The summed E-state index contributed by atoms with van der Waals surface area (Å²) in [4.78, 5) is -0.157. The Hall–Kier alpha value is -1.26. The number of hydrogen-bond donors (Lipinski definition) is 0. The number of methoxy groups -OCH3 is 2. The van der Waals surface area contributed by atoms with E-state index >= 15 is 0 Å². The van der Waals surface area contributed by atoms with Crippen molar-refractivity contribution in [3.8, 4) is 11.5 Å². The van der Waals surface area contributed by atoms with Crippen LogP contribution in [0.15, 0.2) is 30.3 Å². The first-order valence-corrected chi connectivity index (χ1v) is 7.59. The van der Waals surface area contributed by atoms with Gasteiger partial charge in [0.1, 0.15) is 22.3 Å². The summed E-state index contributed by atoms with van der Waals surface area (Å²) in [5.41, 5.74) is 2.37. The Balaban J connectivity index is 2.50. The van der Waals surface area contributed by atoms with Gasteiger partial charge in [-0.2, -0.15) is 0 Å². The van der Waals surface area contributed by atoms with Crippen molar-refractivity contribution in [2.24, 2.45) is 0 Å². The Morgan fingerprint density at radius 3 is 2.43 bits per heavy atom. The summed E-state index contributed by atoms with van der Waals surface area (Å²) in [6, 6.07) is 8.65. The van der Waals surface area contributed by atoms with Gasteiger partial charge in [-0.1, -0.05) is 45.7 Å². The van der Waals surface area contributed by atoms with E-state index in [1.807, 2.05) is 6.07 Å². The standard InChI is InChI=1S/C16H15BrClFO2/c1-9-8-10(4-6-12(9)19)14(17)11-5-7-13(20-2)15(18)16(11)21-3/h4-8,14H,1-3H3. The van der Waals surface area contributed by atoms with Crippen LogP contribution in [0.5, 0.6) is 11.5 Å². The Morgan fingerprint density at radius 2 is 1.86 bits per heavy atom. The number of benzene rings is 2. The third kappa shape index (κ3) is 3.16. The number of halogens is 3. The maximum atomic E-state index is 13.4. The minimum absolute atomic E-state index is 0.157. The van der Waals surface area contributed by atoms with E-state index < -0.39 is 0 Å². The van der Waals surface area contributed by atoms with E-state index in [1.165, 1.54) is 6.07 Å². The topological polar surface area (TPSA) is 18.5 Å². The second-order valence-corrected chi connectivity index (χ2v) is 5.87. The van der Waals surface area contributed by atoms with Crippen molar-refractivity contribution in [1.82, 2.24) is 0 Å². The third-order valence-corrected chi connectivity index (χ3v) is 4.64. The molecule has 2 aromatic rings. The van der Waals surface area contributed by atoms with Crippen LogP contribution in [0, 0.1) is 12.7 Å². The maximum absolute atomic E-state index is 13.4. The Bertz CT molecular complexity index is 661. The van der Waals surface area contributed by atoms with Gasteiger partial charge < -0.3 is 9.47 Å². The SMILES string of the molecule is COc1ccc(C(Br)c2ccc(F)c(C)c2)c(OC)c1Cl. The highest BCUT2D eigenvalue weighted by molar-refractivity contribution is 9.09. The largest absolute Gasteiger partial charge is 0.495 e. The molecule has 0 spiro atoms. The van der Waals surface area contributed by atoms with Crippen LogP contribution >= 0.6 is 27.5 Å². The average Bonchev–Trinajstić information content (AvgIpc) is 2.49. The summed E-state index contributed by atoms with van der Waals surface area (Å²) in [7, 11) is 3.11. The number of ether oxygens (including phenoxy) is 2. The molecule has 21 heavy (non-hydrogen) atoms. The zero-order chi connectivity index (χ0) is 15.6. The molecule has 1 unspecified atom stereocenters. The zero-order valence-corrected chi connectivity index (χ0v) is 14.3. The van der Waals surface area contributed by atoms with E-state index in [4.69, 9.17) is 21.1 Å². The molecular formula is C16H15BrClFO2. The van der Waals surface area contributed by atoms with Crippen molar-refractivity contribution in [1.29, 1.82) is 0 Å². The fourth-order valence-electron chi connectivity index (χ4n) is 2.12. The van der Waals surface area contributed by atoms with Crippen molar-refractivity contribution in [2.45, 2.75) is 11.8 Å². The van der Waals surface area contributed by atoms with E-state index in [1.54, 1.807) is 39.3 Å². The first kappa shape index (κ1) is 16.1. The molecule has 0 heterocycles. The van der Waals surface area contributed by atoms with Gasteiger partial charge in [-0.15, -0.1) is 0 Å². The van der Waals surface area contributed by atoms with Crippen LogP contribution in [0.4, 0.5) is 4.39 Å². The van der Waals surface area contributed by atoms with Crippen LogP contribution in [0.3, 0.4) is 0 Å². The Labute approximate surface area is 137 Å². The monoisotopic (exact) mass is 372 g/mol. The molecule has 0 saturated carbocycles. The van der Waals surface area contributed by atoms with Crippen LogP contribution in [-0.4, -0.2) is 14.2 Å². The molecule has 0 aromatic heterocycles. The van der Waals surface area contributed by atoms with Crippen molar-refractivity contribution in [2.75, 3.05) is 14.2 Å². The summed E-state index contributed by atoms with van der Waals surface area (Å²) in [5.74, 6) is 0.866. The lowest BCUT2D eigenvalue weighted by Crippen LogP contribution is -2.00. The van der Waals surface area contributed by atoms with Gasteiger partial charge in [0.05, 0.1) is 19.0 Å². The van der Waals surface area contributed by atoms with Gasteiger partial charge in [0.15, 0.2) is 0 Å². The molecule has 2 nitrogen and oxygen atoms in total. The highest BCUT2D eigenvalue weighted by Crippen LogP contribution is 2.44. The van der Waals surface area contributed by atoms with E-state index in [9.17, 15) is 4.39 Å². The molecule has 0 N–H and O–H groups in total. The summed E-state index contributed by atoms with van der Waals surface area (Å²) < 4.78 is 24.0. The first-order valence-electron chi connectivity index (χ1n) is 6.30. The van der Waals surface area contributed by atoms with Crippen molar-refractivity contribution in [3.63, 3.8) is 0 Å². The quantitative estimate of drug-likeness (QED) is 0.678. The number of aryl methyl sites for hydroxylation is 1. The lowest BCUT2D eigenvalue weighted by molar-refractivity contribution is 0.392. The van der Waals surface area contributed by atoms with Crippen molar-refractivity contribution < 1.29 is 13.9 Å². The molecule has 0 aliphatic heterocycles. The highest BCUT2D eigenvalue weighted by atomic mass is 79.9. The molecule has 0 bridgehead atoms.